The van der Waals surface area contributed by atoms with Gasteiger partial charge in [-0.2, -0.15) is 0 Å². The van der Waals surface area contributed by atoms with Gasteiger partial charge < -0.3 is 60.0 Å². The molecule has 6 aliphatic heterocycles. The Morgan fingerprint density at radius 1 is 0.637 bits per heavy atom. The predicted octanol–water partition coefficient (Wildman–Crippen LogP) is 19.1. The van der Waals surface area contributed by atoms with Crippen LogP contribution in [0.4, 0.5) is 0 Å². The highest BCUT2D eigenvalue weighted by atomic mass is 127. The molecule has 0 aromatic heterocycles. The molecule has 6 saturated heterocycles. The number of hydrogen-bond donors (Lipinski definition) is 0. The van der Waals surface area contributed by atoms with E-state index in [4.69, 9.17) is 66.6 Å². The maximum atomic E-state index is 16.6. The molecule has 6 heterocycles. The Labute approximate surface area is 638 Å². The van der Waals surface area contributed by atoms with Gasteiger partial charge >= 0.3 is 0 Å². The minimum absolute atomic E-state index is 0.0567. The lowest BCUT2D eigenvalue weighted by atomic mass is 9.76. The quantitative estimate of drug-likeness (QED) is 0.0390. The van der Waals surface area contributed by atoms with Crippen molar-refractivity contribution >= 4 is 79.8 Å². The second kappa shape index (κ2) is 34.5. The van der Waals surface area contributed by atoms with Crippen LogP contribution in [-0.2, 0) is 74.7 Å². The van der Waals surface area contributed by atoms with Gasteiger partial charge in [-0.1, -0.05) is 165 Å². The second-order valence-corrected chi connectivity index (χ2v) is 65.2. The molecule has 0 saturated carbocycles. The Kier molecular flexibility index (Phi) is 30.0. The molecule has 1 aromatic rings. The number of sulfone groups is 1. The van der Waals surface area contributed by atoms with E-state index in [1.807, 2.05) is 10.1 Å². The Balaban J connectivity index is 1.31. The molecule has 6 aliphatic rings. The van der Waals surface area contributed by atoms with E-state index < -0.39 is 142 Å². The van der Waals surface area contributed by atoms with Crippen LogP contribution in [0.15, 0.2) is 69.7 Å². The zero-order valence-electron chi connectivity index (χ0n) is 68.4. The summed E-state index contributed by atoms with van der Waals surface area (Å²) in [6.45, 7) is 69.6. The highest BCUT2D eigenvalue weighted by molar-refractivity contribution is 14.1. The number of carbonyl (C=O) groups is 1. The number of hydrogen-bond acceptors (Lipinski definition) is 16. The number of carbonyl (C=O) groups excluding carboxylic acids is 1. The summed E-state index contributed by atoms with van der Waals surface area (Å²) >= 11 is 2.30. The molecule has 6 unspecified atom stereocenters. The van der Waals surface area contributed by atoms with Crippen molar-refractivity contribution in [3.8, 4) is 0 Å². The highest BCUT2D eigenvalue weighted by Crippen LogP contribution is 2.51. The van der Waals surface area contributed by atoms with Crippen LogP contribution >= 0.6 is 22.6 Å². The molecule has 23 heteroatoms. The van der Waals surface area contributed by atoms with Crippen LogP contribution < -0.4 is 0 Å². The van der Waals surface area contributed by atoms with Crippen LogP contribution in [0.25, 0.3) is 0 Å². The van der Waals surface area contributed by atoms with Gasteiger partial charge in [-0.3, -0.25) is 4.79 Å². The monoisotopic (exact) mass is 1640 g/mol. The van der Waals surface area contributed by atoms with Crippen molar-refractivity contribution in [3.63, 3.8) is 0 Å². The van der Waals surface area contributed by atoms with Gasteiger partial charge in [0.05, 0.1) is 97.6 Å². The molecular formula is C79H141IO16SSi5. The molecule has 16 nitrogen and oxygen atoms in total. The molecule has 0 aliphatic carbocycles. The lowest BCUT2D eigenvalue weighted by Crippen LogP contribution is -2.69. The molecule has 0 bridgehead atoms. The molecule has 7 rings (SSSR count). The predicted molar refractivity (Wildman–Crippen MR) is 433 cm³/mol. The molecule has 1 aromatic carbocycles. The van der Waals surface area contributed by atoms with Crippen molar-refractivity contribution in [1.29, 1.82) is 0 Å². The average Bonchev–Trinajstić information content (AvgIpc) is 1.38. The molecule has 586 valence electrons. The van der Waals surface area contributed by atoms with Crippen molar-refractivity contribution in [2.24, 2.45) is 17.8 Å². The van der Waals surface area contributed by atoms with Gasteiger partial charge in [-0.05, 0) is 175 Å². The molecule has 102 heavy (non-hydrogen) atoms. The van der Waals surface area contributed by atoms with Gasteiger partial charge in [0, 0.05) is 44.6 Å². The number of benzene rings is 1. The standard InChI is InChI=1S/C79H141IO16SSi5/c1-52-45-55(35-38-62-53(2)46-56(88-62)37-40-68-85-43-44-86-68)89-65(54(52)3)49-66-69(70(84-19)67(91-66)48-58(93-99(22,23)76(7,8)9)50-87-98(20,21)75(4,5)6)60(51-97(82,83)59-33-31-30-32-34-59)61(81)47-57-36-39-63-71(90-57)73(95-101(26,27)78(13,14)15)74(96-102(28,29)79(16,17)18)72(92-63)64(41-42-80)94-100(24,25)77(10,11)12/h30-34,41-42,52,55-58,60,62-74H,2-3,35-40,43-51H2,1,4-29H3/b42-41+/t52-,55+,56+,57-,58?,60?,62+,63+,64?,65-,66+,67-,69?,70+,71+,72+,73?,74?/m1/s1. The smallest absolute Gasteiger partial charge is 0.193 e. The summed E-state index contributed by atoms with van der Waals surface area (Å²) in [5.41, 5.74) is 2.05. The zero-order valence-corrected chi connectivity index (χ0v) is 76.3. The van der Waals surface area contributed by atoms with Crippen LogP contribution in [0.5, 0.6) is 0 Å². The van der Waals surface area contributed by atoms with Gasteiger partial charge in [0.25, 0.3) is 0 Å². The Morgan fingerprint density at radius 3 is 1.75 bits per heavy atom. The largest absolute Gasteiger partial charge is 0.414 e. The molecule has 0 N–H and O–H groups in total. The summed E-state index contributed by atoms with van der Waals surface area (Å²) in [5, 5.41) is -0.661. The van der Waals surface area contributed by atoms with Gasteiger partial charge in [0.2, 0.25) is 0 Å². The first-order valence-corrected chi connectivity index (χ1v) is 56.0. The summed E-state index contributed by atoms with van der Waals surface area (Å²) in [4.78, 5) is 16.7. The van der Waals surface area contributed by atoms with Crippen molar-refractivity contribution in [1.82, 2.24) is 0 Å². The number of fused-ring (bicyclic) bond motifs is 1. The fraction of sp³-hybridized carbons (Fsp3) is 0.835. The van der Waals surface area contributed by atoms with E-state index in [1.165, 1.54) is 0 Å². The van der Waals surface area contributed by atoms with E-state index in [0.717, 1.165) is 49.7 Å². The highest BCUT2D eigenvalue weighted by Gasteiger charge is 2.60. The summed E-state index contributed by atoms with van der Waals surface area (Å²) in [5.74, 6) is -2.50. The number of Topliss-reactive ketones (excluding diaryl/α,β-unsaturated/α-hetero) is 1. The number of ketones is 1. The number of halogens is 1. The fourth-order valence-electron chi connectivity index (χ4n) is 14.1. The first kappa shape index (κ1) is 88.6. The van der Waals surface area contributed by atoms with Crippen molar-refractivity contribution < 1.29 is 73.2 Å². The Morgan fingerprint density at radius 2 is 1.19 bits per heavy atom. The SMILES string of the molecule is C=C1C[C@H](CCC2OCCO2)O[C@H]1CC[C@H]1C[C@@H](C)C(=C)[C@@H](C[C@@H]2O[C@H](CC(CO[Si](C)(C)C(C)(C)C)O[Si](C)(C)C(C)(C)C)[C@H](OC)C2C(CS(=O)(=O)c2ccccc2)C(=O)C[C@H]2CC[C@@H]3O[C@@H](C(/C=C/I)O[Si](C)(C)C(C)(C)C)C(O[Si](C)(C)C(C)(C)C)C(O[Si](C)(C)C(C)(C)C)[C@H]3O2)O1. The van der Waals surface area contributed by atoms with Gasteiger partial charge in [0.15, 0.2) is 57.7 Å². The van der Waals surface area contributed by atoms with Gasteiger partial charge in [-0.15, -0.1) is 0 Å². The minimum atomic E-state index is -4.14. The van der Waals surface area contributed by atoms with Crippen LogP contribution in [0.2, 0.25) is 90.7 Å². The van der Waals surface area contributed by atoms with Crippen LogP contribution in [0, 0.1) is 17.8 Å². The van der Waals surface area contributed by atoms with Crippen LogP contribution in [-0.4, -0.2) is 186 Å². The third-order valence-corrected chi connectivity index (χ3v) is 50.5. The fourth-order valence-corrected chi connectivity index (χ4v) is 22.4. The lowest BCUT2D eigenvalue weighted by Gasteiger charge is -2.56. The molecule has 0 radical (unpaired) electrons. The van der Waals surface area contributed by atoms with E-state index >= 15 is 13.2 Å². The third-order valence-electron chi connectivity index (χ3n) is 25.8. The first-order valence-electron chi connectivity index (χ1n) is 38.6. The van der Waals surface area contributed by atoms with E-state index in [9.17, 15) is 0 Å². The van der Waals surface area contributed by atoms with Gasteiger partial charge in [-0.25, -0.2) is 8.42 Å². The van der Waals surface area contributed by atoms with E-state index in [2.05, 4.69) is 211 Å². The Bertz CT molecular complexity index is 3050. The van der Waals surface area contributed by atoms with E-state index in [0.29, 0.717) is 45.5 Å². The van der Waals surface area contributed by atoms with Crippen LogP contribution in [0.3, 0.4) is 0 Å². The summed E-state index contributed by atoms with van der Waals surface area (Å²) in [7, 11) is -14.9. The molecule has 6 fully saturated rings. The number of rotatable bonds is 31. The van der Waals surface area contributed by atoms with E-state index in [-0.39, 0.29) is 72.8 Å². The van der Waals surface area contributed by atoms with Crippen molar-refractivity contribution in [2.75, 3.05) is 32.7 Å². The summed E-state index contributed by atoms with van der Waals surface area (Å²) in [6.07, 6.45) is 1.25. The summed E-state index contributed by atoms with van der Waals surface area (Å²) < 4.78 is 125. The van der Waals surface area contributed by atoms with Crippen molar-refractivity contribution in [3.05, 3.63) is 64.8 Å². The molecule has 0 spiro atoms. The lowest BCUT2D eigenvalue weighted by molar-refractivity contribution is -0.266. The topological polar surface area (TPSA) is 171 Å². The summed E-state index contributed by atoms with van der Waals surface area (Å²) in [6, 6.07) is 8.53. The second-order valence-electron chi connectivity index (χ2n) is 38.6. The molecule has 18 atom stereocenters. The number of ether oxygens (including phenoxy) is 8. The zero-order chi connectivity index (χ0) is 76.5. The first-order chi connectivity index (χ1) is 46.7. The maximum absolute atomic E-state index is 16.6. The van der Waals surface area contributed by atoms with Gasteiger partial charge in [0.1, 0.15) is 30.2 Å². The van der Waals surface area contributed by atoms with E-state index in [1.54, 1.807) is 31.4 Å². The third kappa shape index (κ3) is 22.1. The molecule has 0 amide bonds. The van der Waals surface area contributed by atoms with Crippen LogP contribution in [0.1, 0.15) is 181 Å². The molecular weight excluding hydrogens is 1500 g/mol. The number of methoxy groups -OCH3 is 1. The Hall–Kier alpha value is -0.646. The minimum Gasteiger partial charge on any atom is -0.414 e. The normalized spacial score (nSPS) is 30.7. The average molecular weight is 1650 g/mol. The van der Waals surface area contributed by atoms with Crippen molar-refractivity contribution in [2.45, 2.75) is 375 Å². The maximum Gasteiger partial charge on any atom is 0.193 e.